The van der Waals surface area contributed by atoms with Gasteiger partial charge in [0.1, 0.15) is 5.78 Å². The van der Waals surface area contributed by atoms with E-state index in [-0.39, 0.29) is 17.1 Å². The first-order chi connectivity index (χ1) is 9.58. The highest BCUT2D eigenvalue weighted by atomic mass is 16.4. The summed E-state index contributed by atoms with van der Waals surface area (Å²) in [4.78, 5) is 22.7. The van der Waals surface area contributed by atoms with Gasteiger partial charge in [0, 0.05) is 24.3 Å². The van der Waals surface area contributed by atoms with E-state index in [0.29, 0.717) is 19.3 Å². The average molecular weight is 272 g/mol. The predicted octanol–water partition coefficient (Wildman–Crippen LogP) is 3.34. The minimum absolute atomic E-state index is 0.168. The van der Waals surface area contributed by atoms with E-state index in [2.05, 4.69) is 6.92 Å². The molecule has 1 saturated carbocycles. The van der Waals surface area contributed by atoms with Crippen molar-refractivity contribution in [2.75, 3.05) is 0 Å². The summed E-state index contributed by atoms with van der Waals surface area (Å²) in [5.41, 5.74) is 0.777. The van der Waals surface area contributed by atoms with E-state index in [1.807, 2.05) is 30.3 Å². The highest BCUT2D eigenvalue weighted by molar-refractivity contribution is 5.82. The zero-order valence-electron chi connectivity index (χ0n) is 11.7. The van der Waals surface area contributed by atoms with Crippen molar-refractivity contribution in [3.63, 3.8) is 0 Å². The number of carbonyl (C=O) groups is 2. The number of carbonyl (C=O) groups excluding carboxylic acids is 1. The van der Waals surface area contributed by atoms with Crippen molar-refractivity contribution in [1.82, 2.24) is 0 Å². The summed E-state index contributed by atoms with van der Waals surface area (Å²) in [7, 11) is 0. The van der Waals surface area contributed by atoms with Crippen LogP contribution in [0.15, 0.2) is 42.5 Å². The van der Waals surface area contributed by atoms with Crippen LogP contribution < -0.4 is 0 Å². The van der Waals surface area contributed by atoms with Gasteiger partial charge in [-0.1, -0.05) is 49.8 Å². The Hall–Kier alpha value is -1.90. The molecular weight excluding hydrogens is 252 g/mol. The van der Waals surface area contributed by atoms with Crippen LogP contribution in [0, 0.1) is 5.92 Å². The zero-order chi connectivity index (χ0) is 14.6. The van der Waals surface area contributed by atoms with Gasteiger partial charge >= 0.3 is 5.97 Å². The van der Waals surface area contributed by atoms with Gasteiger partial charge in [0.15, 0.2) is 0 Å². The molecule has 20 heavy (non-hydrogen) atoms. The van der Waals surface area contributed by atoms with Crippen LogP contribution in [0.3, 0.4) is 0 Å². The van der Waals surface area contributed by atoms with E-state index < -0.39 is 5.97 Å². The number of carboxylic acid groups (broad SMARTS) is 1. The number of allylic oxidation sites excluding steroid dienone is 1. The molecule has 0 heterocycles. The first-order valence-corrected chi connectivity index (χ1v) is 7.08. The smallest absolute Gasteiger partial charge is 0.328 e. The van der Waals surface area contributed by atoms with Crippen molar-refractivity contribution in [3.05, 3.63) is 48.0 Å². The van der Waals surface area contributed by atoms with Crippen LogP contribution in [-0.4, -0.2) is 16.9 Å². The van der Waals surface area contributed by atoms with Crippen molar-refractivity contribution in [3.8, 4) is 0 Å². The molecule has 2 unspecified atom stereocenters. The molecule has 0 bridgehead atoms. The standard InChI is InChI=1S/C17H20O3/c1-2-13-12-15(18)8-10-17(13,11-9-16(19)20)14-6-4-3-5-7-14/h3-7,9,11,13H,2,8,10,12H2,1H3,(H,19,20). The monoisotopic (exact) mass is 272 g/mol. The van der Waals surface area contributed by atoms with Gasteiger partial charge in [-0.3, -0.25) is 4.79 Å². The van der Waals surface area contributed by atoms with Crippen LogP contribution in [0.25, 0.3) is 0 Å². The molecule has 2 rings (SSSR count). The Bertz CT molecular complexity index is 518. The summed E-state index contributed by atoms with van der Waals surface area (Å²) in [6.45, 7) is 2.07. The number of hydrogen-bond acceptors (Lipinski definition) is 2. The number of carboxylic acids is 1. The van der Waals surface area contributed by atoms with Crippen LogP contribution in [0.2, 0.25) is 0 Å². The predicted molar refractivity (Wildman–Crippen MR) is 77.5 cm³/mol. The van der Waals surface area contributed by atoms with Crippen LogP contribution in [0.4, 0.5) is 0 Å². The summed E-state index contributed by atoms with van der Waals surface area (Å²) in [5.74, 6) is -0.485. The van der Waals surface area contributed by atoms with Gasteiger partial charge in [-0.15, -0.1) is 0 Å². The lowest BCUT2D eigenvalue weighted by molar-refractivity contribution is -0.131. The molecule has 1 aliphatic rings. The number of aliphatic carboxylic acids is 1. The van der Waals surface area contributed by atoms with Gasteiger partial charge in [-0.2, -0.15) is 0 Å². The molecule has 1 aromatic rings. The minimum atomic E-state index is -0.938. The lowest BCUT2D eigenvalue weighted by Crippen LogP contribution is -2.39. The van der Waals surface area contributed by atoms with Gasteiger partial charge in [0.25, 0.3) is 0 Å². The Balaban J connectivity index is 2.48. The Kier molecular flexibility index (Phi) is 4.38. The zero-order valence-corrected chi connectivity index (χ0v) is 11.7. The van der Waals surface area contributed by atoms with Crippen LogP contribution in [0.1, 0.15) is 38.2 Å². The first kappa shape index (κ1) is 14.5. The molecule has 3 nitrogen and oxygen atoms in total. The SMILES string of the molecule is CCC1CC(=O)CCC1(C=CC(=O)O)c1ccccc1. The first-order valence-electron chi connectivity index (χ1n) is 7.08. The van der Waals surface area contributed by atoms with E-state index in [4.69, 9.17) is 5.11 Å². The maximum atomic E-state index is 11.7. The molecule has 1 aliphatic carbocycles. The summed E-state index contributed by atoms with van der Waals surface area (Å²) in [6, 6.07) is 9.95. The van der Waals surface area contributed by atoms with E-state index in [9.17, 15) is 9.59 Å². The lowest BCUT2D eigenvalue weighted by Gasteiger charge is -2.42. The second kappa shape index (κ2) is 6.04. The quantitative estimate of drug-likeness (QED) is 0.855. The third kappa shape index (κ3) is 2.82. The van der Waals surface area contributed by atoms with E-state index in [1.54, 1.807) is 6.08 Å². The van der Waals surface area contributed by atoms with E-state index in [1.165, 1.54) is 6.08 Å². The maximum absolute atomic E-state index is 11.7. The minimum Gasteiger partial charge on any atom is -0.478 e. The van der Waals surface area contributed by atoms with Crippen LogP contribution in [-0.2, 0) is 15.0 Å². The van der Waals surface area contributed by atoms with Crippen molar-refractivity contribution >= 4 is 11.8 Å². The van der Waals surface area contributed by atoms with Crippen molar-refractivity contribution in [2.24, 2.45) is 5.92 Å². The number of benzene rings is 1. The van der Waals surface area contributed by atoms with Crippen molar-refractivity contribution in [2.45, 2.75) is 38.0 Å². The molecule has 0 amide bonds. The van der Waals surface area contributed by atoms with Gasteiger partial charge in [0.05, 0.1) is 0 Å². The number of ketones is 1. The Morgan fingerprint density at radius 3 is 2.70 bits per heavy atom. The molecule has 0 radical (unpaired) electrons. The molecule has 3 heteroatoms. The Morgan fingerprint density at radius 1 is 1.40 bits per heavy atom. The number of Topliss-reactive ketones (excluding diaryl/α,β-unsaturated/α-hetero) is 1. The molecule has 0 aliphatic heterocycles. The third-order valence-corrected chi connectivity index (χ3v) is 4.35. The summed E-state index contributed by atoms with van der Waals surface area (Å²) < 4.78 is 0. The van der Waals surface area contributed by atoms with Gasteiger partial charge in [-0.05, 0) is 17.9 Å². The summed E-state index contributed by atoms with van der Waals surface area (Å²) in [6.07, 6.45) is 5.64. The summed E-state index contributed by atoms with van der Waals surface area (Å²) in [5, 5.41) is 8.96. The fraction of sp³-hybridized carbons (Fsp3) is 0.412. The normalized spacial score (nSPS) is 26.9. The highest BCUT2D eigenvalue weighted by Crippen LogP contribution is 2.45. The average Bonchev–Trinajstić information content (AvgIpc) is 2.47. The van der Waals surface area contributed by atoms with Crippen LogP contribution >= 0.6 is 0 Å². The summed E-state index contributed by atoms with van der Waals surface area (Å²) >= 11 is 0. The van der Waals surface area contributed by atoms with Gasteiger partial charge in [0.2, 0.25) is 0 Å². The third-order valence-electron chi connectivity index (χ3n) is 4.35. The Morgan fingerprint density at radius 2 is 2.10 bits per heavy atom. The number of rotatable bonds is 4. The van der Waals surface area contributed by atoms with E-state index >= 15 is 0 Å². The second-order valence-electron chi connectivity index (χ2n) is 5.43. The molecule has 1 N–H and O–H groups in total. The van der Waals surface area contributed by atoms with Crippen LogP contribution in [0.5, 0.6) is 0 Å². The highest BCUT2D eigenvalue weighted by Gasteiger charge is 2.41. The largest absolute Gasteiger partial charge is 0.478 e. The molecule has 106 valence electrons. The molecule has 0 aromatic heterocycles. The fourth-order valence-electron chi connectivity index (χ4n) is 3.28. The molecule has 0 spiro atoms. The molecule has 0 saturated heterocycles. The lowest BCUT2D eigenvalue weighted by atomic mass is 9.61. The molecule has 1 aromatic carbocycles. The van der Waals surface area contributed by atoms with E-state index in [0.717, 1.165) is 12.0 Å². The van der Waals surface area contributed by atoms with Gasteiger partial charge < -0.3 is 5.11 Å². The Labute approximate surface area is 119 Å². The van der Waals surface area contributed by atoms with Crippen molar-refractivity contribution in [1.29, 1.82) is 0 Å². The van der Waals surface area contributed by atoms with Crippen molar-refractivity contribution < 1.29 is 14.7 Å². The second-order valence-corrected chi connectivity index (χ2v) is 5.43. The molecule has 2 atom stereocenters. The maximum Gasteiger partial charge on any atom is 0.328 e. The topological polar surface area (TPSA) is 54.4 Å². The number of hydrogen-bond donors (Lipinski definition) is 1. The van der Waals surface area contributed by atoms with Gasteiger partial charge in [-0.25, -0.2) is 4.79 Å². The molecular formula is C17H20O3. The molecule has 1 fully saturated rings. The fourth-order valence-corrected chi connectivity index (χ4v) is 3.28.